The number of carboxylic acid groups (broad SMARTS) is 1. The van der Waals surface area contributed by atoms with E-state index in [4.69, 9.17) is 30.8 Å². The van der Waals surface area contributed by atoms with Crippen molar-refractivity contribution in [1.29, 1.82) is 0 Å². The molecule has 0 saturated carbocycles. The third-order valence-corrected chi connectivity index (χ3v) is 4.39. The van der Waals surface area contributed by atoms with E-state index in [0.717, 1.165) is 6.42 Å². The van der Waals surface area contributed by atoms with E-state index < -0.39 is 5.97 Å². The van der Waals surface area contributed by atoms with Crippen LogP contribution in [0.1, 0.15) is 45.2 Å². The number of hydrogen-bond acceptors (Lipinski definition) is 8. The van der Waals surface area contributed by atoms with E-state index in [1.54, 1.807) is 6.07 Å². The van der Waals surface area contributed by atoms with E-state index in [2.05, 4.69) is 9.97 Å². The number of carboxylic acids is 1. The normalized spacial score (nSPS) is 11.7. The lowest BCUT2D eigenvalue weighted by atomic mass is 10.2. The smallest absolute Gasteiger partial charge is 0.303 e. The van der Waals surface area contributed by atoms with Crippen molar-refractivity contribution in [1.82, 2.24) is 9.97 Å². The molecule has 0 radical (unpaired) electrons. The number of aromatic nitrogens is 2. The van der Waals surface area contributed by atoms with Gasteiger partial charge in [0.1, 0.15) is 6.10 Å². The highest BCUT2D eigenvalue weighted by Crippen LogP contribution is 2.29. The van der Waals surface area contributed by atoms with E-state index in [1.165, 1.54) is 0 Å². The number of hydrogen-bond donors (Lipinski definition) is 3. The van der Waals surface area contributed by atoms with Crippen LogP contribution in [0.15, 0.2) is 24.3 Å². The molecule has 164 valence electrons. The van der Waals surface area contributed by atoms with Crippen LogP contribution in [0.2, 0.25) is 0 Å². The van der Waals surface area contributed by atoms with Crippen LogP contribution in [0.4, 0.5) is 11.8 Å². The highest BCUT2D eigenvalue weighted by molar-refractivity contribution is 5.66. The van der Waals surface area contributed by atoms with Crippen molar-refractivity contribution in [2.24, 2.45) is 0 Å². The number of para-hydroxylation sites is 2. The van der Waals surface area contributed by atoms with Crippen molar-refractivity contribution in [2.45, 2.75) is 52.1 Å². The number of aliphatic carboxylic acids is 1. The number of benzene rings is 1. The third kappa shape index (κ3) is 6.98. The Hall–Kier alpha value is -3.23. The van der Waals surface area contributed by atoms with Gasteiger partial charge in [0.15, 0.2) is 23.1 Å². The molecule has 2 aromatic rings. The summed E-state index contributed by atoms with van der Waals surface area (Å²) in [6.07, 6.45) is 2.37. The van der Waals surface area contributed by atoms with Crippen LogP contribution in [0.25, 0.3) is 0 Å². The molecular formula is C21H30N4O5. The van der Waals surface area contributed by atoms with Gasteiger partial charge in [-0.1, -0.05) is 26.0 Å². The van der Waals surface area contributed by atoms with Crippen LogP contribution in [0, 0.1) is 0 Å². The number of carbonyl (C=O) groups is 1. The SMILES string of the molecule is CCc1nc(N)nc(N)c1OC(CC)CCOc1ccccc1OCCCC(=O)O. The molecule has 9 nitrogen and oxygen atoms in total. The largest absolute Gasteiger partial charge is 0.490 e. The summed E-state index contributed by atoms with van der Waals surface area (Å²) in [6, 6.07) is 7.31. The molecule has 0 aliphatic carbocycles. The van der Waals surface area contributed by atoms with Crippen molar-refractivity contribution in [3.8, 4) is 17.2 Å². The molecule has 0 aliphatic heterocycles. The first kappa shape index (κ1) is 23.1. The van der Waals surface area contributed by atoms with Gasteiger partial charge in [0.25, 0.3) is 0 Å². The van der Waals surface area contributed by atoms with E-state index >= 15 is 0 Å². The Balaban J connectivity index is 1.92. The molecule has 0 aliphatic rings. The number of aryl methyl sites for hydroxylation is 1. The van der Waals surface area contributed by atoms with E-state index in [1.807, 2.05) is 32.0 Å². The molecule has 0 bridgehead atoms. The number of nitrogen functional groups attached to an aromatic ring is 2. The second-order valence-electron chi connectivity index (χ2n) is 6.67. The quantitative estimate of drug-likeness (QED) is 0.418. The van der Waals surface area contributed by atoms with Gasteiger partial charge in [-0.05, 0) is 31.4 Å². The number of anilines is 2. The Bertz CT molecular complexity index is 831. The summed E-state index contributed by atoms with van der Waals surface area (Å²) in [5.74, 6) is 1.19. The minimum atomic E-state index is -0.841. The first-order valence-corrected chi connectivity index (χ1v) is 10.1. The first-order valence-electron chi connectivity index (χ1n) is 10.1. The molecule has 1 unspecified atom stereocenters. The molecule has 2 rings (SSSR count). The first-order chi connectivity index (χ1) is 14.4. The second-order valence-corrected chi connectivity index (χ2v) is 6.67. The summed E-state index contributed by atoms with van der Waals surface area (Å²) in [5, 5.41) is 8.71. The topological polar surface area (TPSA) is 143 Å². The molecule has 1 aromatic carbocycles. The fraction of sp³-hybridized carbons (Fsp3) is 0.476. The molecule has 1 aromatic heterocycles. The van der Waals surface area contributed by atoms with Gasteiger partial charge in [0.2, 0.25) is 5.95 Å². The Labute approximate surface area is 176 Å². The Morgan fingerprint density at radius 2 is 1.77 bits per heavy atom. The Kier molecular flexibility index (Phi) is 8.99. The number of ether oxygens (including phenoxy) is 3. The van der Waals surface area contributed by atoms with Crippen molar-refractivity contribution in [3.05, 3.63) is 30.0 Å². The van der Waals surface area contributed by atoms with Gasteiger partial charge in [-0.15, -0.1) is 0 Å². The van der Waals surface area contributed by atoms with Gasteiger partial charge in [-0.25, -0.2) is 4.98 Å². The number of nitrogens with two attached hydrogens (primary N) is 2. The maximum atomic E-state index is 10.6. The van der Waals surface area contributed by atoms with Crippen molar-refractivity contribution in [3.63, 3.8) is 0 Å². The summed E-state index contributed by atoms with van der Waals surface area (Å²) in [7, 11) is 0. The summed E-state index contributed by atoms with van der Waals surface area (Å²) < 4.78 is 17.6. The van der Waals surface area contributed by atoms with Gasteiger partial charge in [-0.2, -0.15) is 4.98 Å². The Morgan fingerprint density at radius 3 is 2.37 bits per heavy atom. The minimum absolute atomic E-state index is 0.0657. The van der Waals surface area contributed by atoms with Gasteiger partial charge in [0.05, 0.1) is 18.9 Å². The van der Waals surface area contributed by atoms with Gasteiger partial charge < -0.3 is 30.8 Å². The fourth-order valence-electron chi connectivity index (χ4n) is 2.81. The van der Waals surface area contributed by atoms with Crippen LogP contribution in [0.5, 0.6) is 17.2 Å². The lowest BCUT2D eigenvalue weighted by molar-refractivity contribution is -0.137. The Morgan fingerprint density at radius 1 is 1.10 bits per heavy atom. The summed E-state index contributed by atoms with van der Waals surface area (Å²) in [4.78, 5) is 18.8. The van der Waals surface area contributed by atoms with Gasteiger partial charge >= 0.3 is 5.97 Å². The average molecular weight is 418 g/mol. The zero-order valence-electron chi connectivity index (χ0n) is 17.5. The minimum Gasteiger partial charge on any atom is -0.490 e. The molecule has 0 amide bonds. The van der Waals surface area contributed by atoms with Gasteiger partial charge in [0, 0.05) is 12.8 Å². The van der Waals surface area contributed by atoms with Crippen LogP contribution in [0.3, 0.4) is 0 Å². The highest BCUT2D eigenvalue weighted by atomic mass is 16.5. The molecule has 0 saturated heterocycles. The highest BCUT2D eigenvalue weighted by Gasteiger charge is 2.17. The average Bonchev–Trinajstić information content (AvgIpc) is 2.72. The van der Waals surface area contributed by atoms with Crippen LogP contribution >= 0.6 is 0 Å². The summed E-state index contributed by atoms with van der Waals surface area (Å²) in [5.41, 5.74) is 12.3. The zero-order chi connectivity index (χ0) is 21.9. The lowest BCUT2D eigenvalue weighted by Gasteiger charge is -2.20. The number of rotatable bonds is 13. The van der Waals surface area contributed by atoms with Gasteiger partial charge in [-0.3, -0.25) is 4.79 Å². The molecule has 0 fully saturated rings. The predicted molar refractivity (Wildman–Crippen MR) is 114 cm³/mol. The lowest BCUT2D eigenvalue weighted by Crippen LogP contribution is -2.21. The molecular weight excluding hydrogens is 388 g/mol. The van der Waals surface area contributed by atoms with Crippen LogP contribution in [-0.4, -0.2) is 40.4 Å². The maximum absolute atomic E-state index is 10.6. The van der Waals surface area contributed by atoms with E-state index in [-0.39, 0.29) is 24.3 Å². The molecule has 0 spiro atoms. The maximum Gasteiger partial charge on any atom is 0.303 e. The van der Waals surface area contributed by atoms with Crippen molar-refractivity contribution >= 4 is 17.7 Å². The number of nitrogens with zero attached hydrogens (tertiary/aromatic N) is 2. The second kappa shape index (κ2) is 11.7. The van der Waals surface area contributed by atoms with Crippen LogP contribution < -0.4 is 25.7 Å². The standard InChI is InChI=1S/C21H30N4O5/c1-3-14(30-19-15(4-2)24-21(23)25-20(19)22)11-13-29-17-9-6-5-8-16(17)28-12-7-10-18(26)27/h5-6,8-9,14H,3-4,7,10-13H2,1-2H3,(H,26,27)(H4,22,23,24,25). The molecule has 5 N–H and O–H groups in total. The molecule has 1 heterocycles. The predicted octanol–water partition coefficient (Wildman–Crippen LogP) is 3.07. The summed E-state index contributed by atoms with van der Waals surface area (Å²) in [6.45, 7) is 4.68. The van der Waals surface area contributed by atoms with E-state index in [0.29, 0.717) is 55.4 Å². The van der Waals surface area contributed by atoms with Crippen molar-refractivity contribution in [2.75, 3.05) is 24.7 Å². The fourth-order valence-corrected chi connectivity index (χ4v) is 2.81. The monoisotopic (exact) mass is 418 g/mol. The molecule has 1 atom stereocenters. The zero-order valence-corrected chi connectivity index (χ0v) is 17.5. The van der Waals surface area contributed by atoms with E-state index in [9.17, 15) is 4.79 Å². The van der Waals surface area contributed by atoms with Crippen molar-refractivity contribution < 1.29 is 24.1 Å². The third-order valence-electron chi connectivity index (χ3n) is 4.39. The molecule has 30 heavy (non-hydrogen) atoms. The van der Waals surface area contributed by atoms with Crippen LogP contribution in [-0.2, 0) is 11.2 Å². The molecule has 9 heteroatoms. The summed E-state index contributed by atoms with van der Waals surface area (Å²) >= 11 is 0.